The van der Waals surface area contributed by atoms with Crippen LogP contribution in [0.1, 0.15) is 69.9 Å². The van der Waals surface area contributed by atoms with Crippen LogP contribution in [-0.4, -0.2) is 35.6 Å². The highest BCUT2D eigenvalue weighted by atomic mass is 16.5. The highest BCUT2D eigenvalue weighted by Gasteiger charge is 2.50. The van der Waals surface area contributed by atoms with Crippen molar-refractivity contribution in [3.63, 3.8) is 0 Å². The standard InChI is InChI=1S/C24H32O4/c1-4-16(25)13-27-22-18-8-6-7-9-19(18)23(28-14-17(26)5-2)21-20(22)15-10-11-24(21,3)12-15/h6-9,15-17,25-26H,4-5,10-14H2,1-3H3. The van der Waals surface area contributed by atoms with E-state index in [-0.39, 0.29) is 5.41 Å². The Hall–Kier alpha value is -1.78. The lowest BCUT2D eigenvalue weighted by Crippen LogP contribution is -2.22. The molecule has 4 nitrogen and oxygen atoms in total. The maximum Gasteiger partial charge on any atom is 0.131 e. The minimum Gasteiger partial charge on any atom is -0.490 e. The minimum absolute atomic E-state index is 0.0953. The summed E-state index contributed by atoms with van der Waals surface area (Å²) in [5.41, 5.74) is 2.64. The zero-order chi connectivity index (χ0) is 19.9. The molecule has 1 fully saturated rings. The van der Waals surface area contributed by atoms with Crippen molar-refractivity contribution in [2.75, 3.05) is 13.2 Å². The van der Waals surface area contributed by atoms with Gasteiger partial charge in [-0.15, -0.1) is 0 Å². The Labute approximate surface area is 167 Å². The van der Waals surface area contributed by atoms with Crippen molar-refractivity contribution in [3.8, 4) is 11.5 Å². The van der Waals surface area contributed by atoms with Crippen LogP contribution in [0, 0.1) is 0 Å². The van der Waals surface area contributed by atoms with Crippen LogP contribution in [-0.2, 0) is 5.41 Å². The number of fused-ring (bicyclic) bond motifs is 6. The average Bonchev–Trinajstić information content (AvgIpc) is 3.24. The lowest BCUT2D eigenvalue weighted by molar-refractivity contribution is 0.102. The summed E-state index contributed by atoms with van der Waals surface area (Å²) in [5, 5.41) is 22.2. The Morgan fingerprint density at radius 1 is 1.00 bits per heavy atom. The van der Waals surface area contributed by atoms with E-state index in [4.69, 9.17) is 9.47 Å². The van der Waals surface area contributed by atoms with E-state index in [0.29, 0.717) is 32.0 Å². The maximum atomic E-state index is 10.1. The molecule has 2 aliphatic carbocycles. The predicted molar refractivity (Wildman–Crippen MR) is 111 cm³/mol. The topological polar surface area (TPSA) is 58.9 Å². The molecule has 2 aliphatic rings. The summed E-state index contributed by atoms with van der Waals surface area (Å²) in [5.74, 6) is 2.33. The van der Waals surface area contributed by atoms with Gasteiger partial charge < -0.3 is 19.7 Å². The lowest BCUT2D eigenvalue weighted by atomic mass is 9.78. The number of aliphatic hydroxyl groups is 2. The van der Waals surface area contributed by atoms with Crippen molar-refractivity contribution >= 4 is 10.8 Å². The Kier molecular flexibility index (Phi) is 5.28. The van der Waals surface area contributed by atoms with Gasteiger partial charge in [-0.3, -0.25) is 0 Å². The lowest BCUT2D eigenvalue weighted by Gasteiger charge is -2.30. The molecule has 4 atom stereocenters. The second kappa shape index (κ2) is 7.57. The van der Waals surface area contributed by atoms with E-state index in [2.05, 4.69) is 19.1 Å². The van der Waals surface area contributed by atoms with E-state index < -0.39 is 12.2 Å². The fourth-order valence-electron chi connectivity index (χ4n) is 5.00. The Morgan fingerprint density at radius 2 is 1.57 bits per heavy atom. The normalized spacial score (nSPS) is 25.0. The minimum atomic E-state index is -0.462. The molecule has 0 aliphatic heterocycles. The van der Waals surface area contributed by atoms with Gasteiger partial charge in [0.05, 0.1) is 12.2 Å². The zero-order valence-electron chi connectivity index (χ0n) is 17.2. The van der Waals surface area contributed by atoms with Crippen molar-refractivity contribution in [2.45, 2.75) is 76.4 Å². The second-order valence-corrected chi connectivity index (χ2v) is 8.74. The molecule has 2 aromatic carbocycles. The number of rotatable bonds is 8. The third kappa shape index (κ3) is 3.17. The molecule has 4 unspecified atom stereocenters. The molecule has 0 aromatic heterocycles. The van der Waals surface area contributed by atoms with Crippen LogP contribution in [0.15, 0.2) is 24.3 Å². The van der Waals surface area contributed by atoms with Crippen LogP contribution in [0.25, 0.3) is 10.8 Å². The largest absolute Gasteiger partial charge is 0.490 e. The number of ether oxygens (including phenoxy) is 2. The monoisotopic (exact) mass is 384 g/mol. The SMILES string of the molecule is CCC(O)COc1c2c(c(OCC(O)CC)c3ccccc13)C1(C)CCC2C1. The molecule has 1 saturated carbocycles. The fourth-order valence-corrected chi connectivity index (χ4v) is 5.00. The van der Waals surface area contributed by atoms with Gasteiger partial charge in [0.15, 0.2) is 0 Å². The van der Waals surface area contributed by atoms with E-state index in [1.165, 1.54) is 17.5 Å². The van der Waals surface area contributed by atoms with Crippen LogP contribution >= 0.6 is 0 Å². The van der Waals surface area contributed by atoms with Gasteiger partial charge in [-0.2, -0.15) is 0 Å². The van der Waals surface area contributed by atoms with E-state index in [1.807, 2.05) is 26.0 Å². The van der Waals surface area contributed by atoms with E-state index in [0.717, 1.165) is 35.1 Å². The summed E-state index contributed by atoms with van der Waals surface area (Å²) in [6, 6.07) is 8.22. The van der Waals surface area contributed by atoms with Crippen LogP contribution in [0.2, 0.25) is 0 Å². The summed E-state index contributed by atoms with van der Waals surface area (Å²) in [6.45, 7) is 6.89. The van der Waals surface area contributed by atoms with Crippen molar-refractivity contribution in [1.29, 1.82) is 0 Å². The summed E-state index contributed by atoms with van der Waals surface area (Å²) >= 11 is 0. The van der Waals surface area contributed by atoms with E-state index in [1.54, 1.807) is 0 Å². The quantitative estimate of drug-likeness (QED) is 0.694. The predicted octanol–water partition coefficient (Wildman–Crippen LogP) is 4.68. The highest BCUT2D eigenvalue weighted by molar-refractivity contribution is 5.97. The summed E-state index contributed by atoms with van der Waals surface area (Å²) in [7, 11) is 0. The molecular weight excluding hydrogens is 352 g/mol. The smallest absolute Gasteiger partial charge is 0.131 e. The Balaban J connectivity index is 1.88. The summed E-state index contributed by atoms with van der Waals surface area (Å²) in [6.07, 6.45) is 3.89. The molecule has 152 valence electrons. The van der Waals surface area contributed by atoms with Crippen LogP contribution in [0.4, 0.5) is 0 Å². The van der Waals surface area contributed by atoms with E-state index >= 15 is 0 Å². The highest BCUT2D eigenvalue weighted by Crippen LogP contribution is 2.63. The molecular formula is C24H32O4. The van der Waals surface area contributed by atoms with Gasteiger partial charge in [0.1, 0.15) is 24.7 Å². The molecule has 2 N–H and O–H groups in total. The molecule has 0 radical (unpaired) electrons. The summed E-state index contributed by atoms with van der Waals surface area (Å²) in [4.78, 5) is 0. The zero-order valence-corrected chi connectivity index (χ0v) is 17.2. The molecule has 0 amide bonds. The molecule has 2 aromatic rings. The molecule has 2 bridgehead atoms. The van der Waals surface area contributed by atoms with Crippen LogP contribution in [0.5, 0.6) is 11.5 Å². The van der Waals surface area contributed by atoms with Crippen LogP contribution in [0.3, 0.4) is 0 Å². The van der Waals surface area contributed by atoms with Gasteiger partial charge in [-0.25, -0.2) is 0 Å². The first-order valence-electron chi connectivity index (χ1n) is 10.7. The van der Waals surface area contributed by atoms with Crippen LogP contribution < -0.4 is 9.47 Å². The summed E-state index contributed by atoms with van der Waals surface area (Å²) < 4.78 is 12.5. The van der Waals surface area contributed by atoms with Gasteiger partial charge in [-0.1, -0.05) is 45.0 Å². The first kappa shape index (κ1) is 19.5. The number of hydrogen-bond donors (Lipinski definition) is 2. The van der Waals surface area contributed by atoms with Crippen molar-refractivity contribution in [3.05, 3.63) is 35.4 Å². The van der Waals surface area contributed by atoms with Gasteiger partial charge >= 0.3 is 0 Å². The molecule has 4 heteroatoms. The number of benzene rings is 2. The first-order chi connectivity index (χ1) is 13.5. The number of aliphatic hydroxyl groups excluding tert-OH is 2. The first-order valence-corrected chi connectivity index (χ1v) is 10.7. The van der Waals surface area contributed by atoms with Crippen molar-refractivity contribution < 1.29 is 19.7 Å². The molecule has 0 saturated heterocycles. The fraction of sp³-hybridized carbons (Fsp3) is 0.583. The number of hydrogen-bond acceptors (Lipinski definition) is 4. The molecule has 28 heavy (non-hydrogen) atoms. The molecule has 0 spiro atoms. The third-order valence-corrected chi connectivity index (χ3v) is 6.69. The van der Waals surface area contributed by atoms with Crippen molar-refractivity contribution in [1.82, 2.24) is 0 Å². The van der Waals surface area contributed by atoms with Crippen molar-refractivity contribution in [2.24, 2.45) is 0 Å². The average molecular weight is 385 g/mol. The van der Waals surface area contributed by atoms with E-state index in [9.17, 15) is 10.2 Å². The second-order valence-electron chi connectivity index (χ2n) is 8.74. The van der Waals surface area contributed by atoms with Gasteiger partial charge in [-0.05, 0) is 43.4 Å². The van der Waals surface area contributed by atoms with Gasteiger partial charge in [0, 0.05) is 21.9 Å². The molecule has 0 heterocycles. The maximum absolute atomic E-state index is 10.1. The third-order valence-electron chi connectivity index (χ3n) is 6.69. The van der Waals surface area contributed by atoms with Gasteiger partial charge in [0.25, 0.3) is 0 Å². The Bertz CT molecular complexity index is 861. The Morgan fingerprint density at radius 3 is 2.18 bits per heavy atom. The molecule has 4 rings (SSSR count). The van der Waals surface area contributed by atoms with Gasteiger partial charge in [0.2, 0.25) is 0 Å².